The van der Waals surface area contributed by atoms with Gasteiger partial charge in [0, 0.05) is 10.4 Å². The Balaban J connectivity index is 2.40. The molecule has 0 aliphatic carbocycles. The SMILES string of the molecule is Cc1cc(C(NN)c2cc(Br)sc2Br)cs1. The first-order valence-corrected chi connectivity index (χ1v) is 7.86. The Kier molecular flexibility index (Phi) is 4.21. The number of hydrogen-bond acceptors (Lipinski definition) is 4. The lowest BCUT2D eigenvalue weighted by Crippen LogP contribution is -2.28. The van der Waals surface area contributed by atoms with Crippen molar-refractivity contribution in [3.8, 4) is 0 Å². The largest absolute Gasteiger partial charge is 0.271 e. The van der Waals surface area contributed by atoms with Crippen LogP contribution in [0.5, 0.6) is 0 Å². The van der Waals surface area contributed by atoms with Crippen LogP contribution >= 0.6 is 54.5 Å². The summed E-state index contributed by atoms with van der Waals surface area (Å²) in [4.78, 5) is 1.29. The third-order valence-corrected chi connectivity index (χ3v) is 5.51. The molecular formula is C10H10Br2N2S2. The number of aryl methyl sites for hydroxylation is 1. The van der Waals surface area contributed by atoms with Gasteiger partial charge in [-0.2, -0.15) is 0 Å². The standard InChI is InChI=1S/C10H10Br2N2S2/c1-5-2-6(4-15-5)9(14-13)7-3-8(11)16-10(7)12/h2-4,9,14H,13H2,1H3. The van der Waals surface area contributed by atoms with Crippen LogP contribution < -0.4 is 11.3 Å². The zero-order valence-electron chi connectivity index (χ0n) is 8.46. The van der Waals surface area contributed by atoms with Gasteiger partial charge in [-0.05, 0) is 61.9 Å². The summed E-state index contributed by atoms with van der Waals surface area (Å²) in [5.74, 6) is 5.65. The fraction of sp³-hybridized carbons (Fsp3) is 0.200. The summed E-state index contributed by atoms with van der Waals surface area (Å²) in [7, 11) is 0. The van der Waals surface area contributed by atoms with Gasteiger partial charge >= 0.3 is 0 Å². The highest BCUT2D eigenvalue weighted by atomic mass is 79.9. The van der Waals surface area contributed by atoms with Crippen LogP contribution in [0.3, 0.4) is 0 Å². The summed E-state index contributed by atoms with van der Waals surface area (Å²) in [5, 5.41) is 2.14. The molecule has 86 valence electrons. The molecule has 2 heterocycles. The van der Waals surface area contributed by atoms with Crippen molar-refractivity contribution in [1.29, 1.82) is 0 Å². The van der Waals surface area contributed by atoms with Crippen LogP contribution in [0.15, 0.2) is 25.1 Å². The highest BCUT2D eigenvalue weighted by molar-refractivity contribution is 9.12. The van der Waals surface area contributed by atoms with Crippen molar-refractivity contribution in [3.05, 3.63) is 41.1 Å². The van der Waals surface area contributed by atoms with Gasteiger partial charge in [0.15, 0.2) is 0 Å². The van der Waals surface area contributed by atoms with Crippen LogP contribution in [-0.2, 0) is 0 Å². The number of halogens is 2. The van der Waals surface area contributed by atoms with Gasteiger partial charge in [0.05, 0.1) is 13.6 Å². The molecule has 0 bridgehead atoms. The first-order valence-electron chi connectivity index (χ1n) is 4.57. The fourth-order valence-electron chi connectivity index (χ4n) is 1.53. The third-order valence-electron chi connectivity index (χ3n) is 2.24. The summed E-state index contributed by atoms with van der Waals surface area (Å²) in [6.45, 7) is 2.10. The second-order valence-electron chi connectivity index (χ2n) is 3.37. The van der Waals surface area contributed by atoms with Crippen molar-refractivity contribution < 1.29 is 0 Å². The maximum atomic E-state index is 5.65. The number of hydrazine groups is 1. The highest BCUT2D eigenvalue weighted by Crippen LogP contribution is 2.38. The van der Waals surface area contributed by atoms with E-state index < -0.39 is 0 Å². The molecule has 0 saturated carbocycles. The van der Waals surface area contributed by atoms with E-state index >= 15 is 0 Å². The monoisotopic (exact) mass is 380 g/mol. The first-order chi connectivity index (χ1) is 7.61. The summed E-state index contributed by atoms with van der Waals surface area (Å²) in [5.41, 5.74) is 5.23. The summed E-state index contributed by atoms with van der Waals surface area (Å²) in [6, 6.07) is 4.29. The van der Waals surface area contributed by atoms with Crippen molar-refractivity contribution >= 4 is 54.5 Å². The number of nitrogens with two attached hydrogens (primary N) is 1. The van der Waals surface area contributed by atoms with Gasteiger partial charge in [-0.25, -0.2) is 5.43 Å². The second kappa shape index (κ2) is 5.29. The summed E-state index contributed by atoms with van der Waals surface area (Å²) in [6.07, 6.45) is 0. The molecule has 0 spiro atoms. The fourth-order valence-corrected chi connectivity index (χ4v) is 5.16. The first kappa shape index (κ1) is 12.7. The van der Waals surface area contributed by atoms with E-state index in [1.165, 1.54) is 10.4 Å². The van der Waals surface area contributed by atoms with Gasteiger partial charge in [-0.3, -0.25) is 5.84 Å². The van der Waals surface area contributed by atoms with E-state index in [-0.39, 0.29) is 6.04 Å². The second-order valence-corrected chi connectivity index (χ2v) is 8.23. The van der Waals surface area contributed by atoms with Crippen LogP contribution in [0.2, 0.25) is 0 Å². The van der Waals surface area contributed by atoms with Crippen LogP contribution in [-0.4, -0.2) is 0 Å². The van der Waals surface area contributed by atoms with E-state index in [0.717, 1.165) is 13.1 Å². The maximum absolute atomic E-state index is 5.65. The number of thiophene rings is 2. The Morgan fingerprint density at radius 2 is 2.12 bits per heavy atom. The van der Waals surface area contributed by atoms with Crippen molar-refractivity contribution in [3.63, 3.8) is 0 Å². The molecule has 0 aliphatic heterocycles. The van der Waals surface area contributed by atoms with E-state index in [0.29, 0.717) is 0 Å². The molecule has 2 aromatic rings. The molecular weight excluding hydrogens is 372 g/mol. The average Bonchev–Trinajstić information content (AvgIpc) is 2.76. The third kappa shape index (κ3) is 2.57. The zero-order valence-corrected chi connectivity index (χ0v) is 13.3. The van der Waals surface area contributed by atoms with Gasteiger partial charge in [0.1, 0.15) is 0 Å². The van der Waals surface area contributed by atoms with Gasteiger partial charge in [-0.1, -0.05) is 0 Å². The molecule has 1 atom stereocenters. The molecule has 3 N–H and O–H groups in total. The molecule has 0 amide bonds. The van der Waals surface area contributed by atoms with Crippen LogP contribution in [0.4, 0.5) is 0 Å². The van der Waals surface area contributed by atoms with Gasteiger partial charge in [0.2, 0.25) is 0 Å². The lowest BCUT2D eigenvalue weighted by molar-refractivity contribution is 0.638. The number of nitrogens with one attached hydrogen (secondary N) is 1. The van der Waals surface area contributed by atoms with Crippen molar-refractivity contribution in [2.45, 2.75) is 13.0 Å². The molecule has 2 aromatic heterocycles. The Morgan fingerprint density at radius 3 is 2.56 bits per heavy atom. The molecule has 0 fully saturated rings. The van der Waals surface area contributed by atoms with Gasteiger partial charge in [-0.15, -0.1) is 22.7 Å². The molecule has 16 heavy (non-hydrogen) atoms. The lowest BCUT2D eigenvalue weighted by atomic mass is 10.1. The van der Waals surface area contributed by atoms with Crippen LogP contribution in [0, 0.1) is 6.92 Å². The minimum Gasteiger partial charge on any atom is -0.271 e. The van der Waals surface area contributed by atoms with E-state index in [4.69, 9.17) is 5.84 Å². The molecule has 2 rings (SSSR count). The molecule has 6 heteroatoms. The Bertz CT molecular complexity index is 493. The van der Waals surface area contributed by atoms with Crippen molar-refractivity contribution in [2.75, 3.05) is 0 Å². The minimum atomic E-state index is 0.0434. The number of hydrogen-bond donors (Lipinski definition) is 2. The molecule has 0 radical (unpaired) electrons. The normalized spacial score (nSPS) is 13.0. The van der Waals surface area contributed by atoms with E-state index in [1.54, 1.807) is 22.7 Å². The van der Waals surface area contributed by atoms with E-state index in [2.05, 4.69) is 61.7 Å². The van der Waals surface area contributed by atoms with Gasteiger partial charge in [0.25, 0.3) is 0 Å². The van der Waals surface area contributed by atoms with Crippen LogP contribution in [0.1, 0.15) is 22.0 Å². The molecule has 0 aliphatic rings. The summed E-state index contributed by atoms with van der Waals surface area (Å²) < 4.78 is 2.20. The Labute approximate surface area is 119 Å². The molecule has 0 saturated heterocycles. The van der Waals surface area contributed by atoms with Crippen molar-refractivity contribution in [2.24, 2.45) is 5.84 Å². The Hall–Kier alpha value is 0.280. The summed E-state index contributed by atoms with van der Waals surface area (Å²) >= 11 is 10.4. The number of rotatable bonds is 3. The molecule has 0 aromatic carbocycles. The lowest BCUT2D eigenvalue weighted by Gasteiger charge is -2.13. The topological polar surface area (TPSA) is 38.0 Å². The van der Waals surface area contributed by atoms with Crippen LogP contribution in [0.25, 0.3) is 0 Å². The van der Waals surface area contributed by atoms with E-state index in [9.17, 15) is 0 Å². The molecule has 2 nitrogen and oxygen atoms in total. The minimum absolute atomic E-state index is 0.0434. The van der Waals surface area contributed by atoms with Crippen molar-refractivity contribution in [1.82, 2.24) is 5.43 Å². The predicted octanol–water partition coefficient (Wildman–Crippen LogP) is 4.20. The zero-order chi connectivity index (χ0) is 11.7. The predicted molar refractivity (Wildman–Crippen MR) is 77.9 cm³/mol. The maximum Gasteiger partial charge on any atom is 0.0762 e. The van der Waals surface area contributed by atoms with E-state index in [1.807, 2.05) is 0 Å². The highest BCUT2D eigenvalue weighted by Gasteiger charge is 2.18. The quantitative estimate of drug-likeness (QED) is 0.617. The van der Waals surface area contributed by atoms with Gasteiger partial charge < -0.3 is 0 Å². The average molecular weight is 382 g/mol. The smallest absolute Gasteiger partial charge is 0.0762 e. The Morgan fingerprint density at radius 1 is 1.38 bits per heavy atom. The molecule has 1 unspecified atom stereocenters.